The molecule has 3 heterocycles. The van der Waals surface area contributed by atoms with Gasteiger partial charge in [0.25, 0.3) is 0 Å². The van der Waals surface area contributed by atoms with Crippen LogP contribution in [0.15, 0.2) is 70.3 Å². The van der Waals surface area contributed by atoms with E-state index in [0.717, 1.165) is 0 Å². The first-order valence-corrected chi connectivity index (χ1v) is 9.19. The van der Waals surface area contributed by atoms with E-state index in [-0.39, 0.29) is 46.1 Å². The molecule has 5 nitrogen and oxygen atoms in total. The average Bonchev–Trinajstić information content (AvgIpc) is 2.89. The summed E-state index contributed by atoms with van der Waals surface area (Å²) in [7, 11) is 1.58. The van der Waals surface area contributed by atoms with Gasteiger partial charge in [-0.2, -0.15) is 0 Å². The molecule has 0 saturated carbocycles. The van der Waals surface area contributed by atoms with E-state index < -0.39 is 0 Å². The van der Waals surface area contributed by atoms with Gasteiger partial charge in [-0.15, -0.1) is 0 Å². The molecule has 0 fully saturated rings. The fourth-order valence-electron chi connectivity index (χ4n) is 6.81. The second-order valence-corrected chi connectivity index (χ2v) is 8.26. The first-order valence-electron chi connectivity index (χ1n) is 9.19. The Hall–Kier alpha value is -2.82. The lowest BCUT2D eigenvalue weighted by atomic mass is 9.33. The molecule has 0 amide bonds. The minimum absolute atomic E-state index is 0.121. The van der Waals surface area contributed by atoms with E-state index in [0.29, 0.717) is 0 Å². The standard InChI is InChI=1S/C21H17N3O2/c1-22-18(25)23-16-8-9-17(24(23)19(22)26)21-11-10-20(16,21)14-6-7-15(21)13-5-3-2-4-12(13)14/h2-11,14-17H,1H3/t14-,15-,16-,17+,20+,21-/m1/s1. The molecule has 6 atom stereocenters. The quantitative estimate of drug-likeness (QED) is 0.687. The van der Waals surface area contributed by atoms with Crippen LogP contribution in [0, 0.1) is 10.8 Å². The van der Waals surface area contributed by atoms with Crippen LogP contribution in [-0.4, -0.2) is 13.9 Å². The number of benzene rings is 1. The third kappa shape index (κ3) is 0.972. The van der Waals surface area contributed by atoms with E-state index >= 15 is 0 Å². The molecule has 1 aromatic heterocycles. The lowest BCUT2D eigenvalue weighted by molar-refractivity contribution is -0.0843. The van der Waals surface area contributed by atoms with Crippen LogP contribution in [0.2, 0.25) is 0 Å². The Balaban J connectivity index is 1.64. The van der Waals surface area contributed by atoms with Gasteiger partial charge < -0.3 is 0 Å². The molecule has 128 valence electrons. The summed E-state index contributed by atoms with van der Waals surface area (Å²) in [5.74, 6) is 0.476. The zero-order valence-corrected chi connectivity index (χ0v) is 14.2. The second kappa shape index (κ2) is 3.65. The summed E-state index contributed by atoms with van der Waals surface area (Å²) in [5, 5.41) is 0. The topological polar surface area (TPSA) is 48.9 Å². The van der Waals surface area contributed by atoms with Gasteiger partial charge in [-0.05, 0) is 11.1 Å². The molecule has 5 heteroatoms. The Labute approximate surface area is 149 Å². The lowest BCUT2D eigenvalue weighted by Crippen LogP contribution is -2.70. The largest absolute Gasteiger partial charge is 0.347 e. The highest BCUT2D eigenvalue weighted by molar-refractivity contribution is 5.60. The summed E-state index contributed by atoms with van der Waals surface area (Å²) in [6.45, 7) is 0. The molecule has 0 saturated heterocycles. The molecule has 0 spiro atoms. The van der Waals surface area contributed by atoms with Crippen molar-refractivity contribution < 1.29 is 0 Å². The highest BCUT2D eigenvalue weighted by atomic mass is 16.2. The second-order valence-electron chi connectivity index (χ2n) is 8.26. The van der Waals surface area contributed by atoms with Gasteiger partial charge in [0, 0.05) is 29.7 Å². The Bertz CT molecular complexity index is 1150. The molecule has 0 radical (unpaired) electrons. The van der Waals surface area contributed by atoms with Crippen LogP contribution >= 0.6 is 0 Å². The van der Waals surface area contributed by atoms with E-state index in [9.17, 15) is 9.59 Å². The summed E-state index contributed by atoms with van der Waals surface area (Å²) < 4.78 is 4.68. The third-order valence-corrected chi connectivity index (χ3v) is 7.76. The van der Waals surface area contributed by atoms with Crippen molar-refractivity contribution in [3.8, 4) is 0 Å². The summed E-state index contributed by atoms with van der Waals surface area (Å²) >= 11 is 0. The van der Waals surface area contributed by atoms with E-state index in [4.69, 9.17) is 0 Å². The lowest BCUT2D eigenvalue weighted by Gasteiger charge is -2.72. The van der Waals surface area contributed by atoms with Crippen molar-refractivity contribution in [1.82, 2.24) is 13.9 Å². The Morgan fingerprint density at radius 3 is 1.65 bits per heavy atom. The minimum atomic E-state index is -0.212. The summed E-state index contributed by atoms with van der Waals surface area (Å²) in [4.78, 5) is 25.7. The van der Waals surface area contributed by atoms with Gasteiger partial charge in [-0.1, -0.05) is 60.7 Å². The number of allylic oxidation sites excluding steroid dienone is 6. The summed E-state index contributed by atoms with van der Waals surface area (Å²) in [6.07, 6.45) is 13.6. The first kappa shape index (κ1) is 13.4. The third-order valence-electron chi connectivity index (χ3n) is 7.76. The maximum absolute atomic E-state index is 12.9. The molecule has 26 heavy (non-hydrogen) atoms. The normalized spacial score (nSPS) is 41.4. The first-order chi connectivity index (χ1) is 12.6. The van der Waals surface area contributed by atoms with Crippen LogP contribution in [0.1, 0.15) is 35.0 Å². The summed E-state index contributed by atoms with van der Waals surface area (Å²) in [5.41, 5.74) is 2.01. The van der Waals surface area contributed by atoms with Crippen molar-refractivity contribution in [3.05, 3.63) is 92.8 Å². The molecule has 2 aromatic rings. The molecule has 5 aliphatic carbocycles. The van der Waals surface area contributed by atoms with Gasteiger partial charge >= 0.3 is 11.4 Å². The monoisotopic (exact) mass is 343 g/mol. The number of rotatable bonds is 0. The van der Waals surface area contributed by atoms with E-state index in [2.05, 4.69) is 60.7 Å². The van der Waals surface area contributed by atoms with Crippen LogP contribution in [0.5, 0.6) is 0 Å². The smallest absolute Gasteiger partial charge is 0.246 e. The van der Waals surface area contributed by atoms with Gasteiger partial charge in [-0.25, -0.2) is 23.5 Å². The Kier molecular flexibility index (Phi) is 1.88. The van der Waals surface area contributed by atoms with Crippen LogP contribution in [0.25, 0.3) is 0 Å². The predicted octanol–water partition coefficient (Wildman–Crippen LogP) is 2.01. The molecular weight excluding hydrogens is 326 g/mol. The van der Waals surface area contributed by atoms with Crippen LogP contribution < -0.4 is 11.4 Å². The fraction of sp³-hybridized carbons (Fsp3) is 0.333. The van der Waals surface area contributed by atoms with Crippen molar-refractivity contribution in [2.75, 3.05) is 0 Å². The number of hydrogen-bond acceptors (Lipinski definition) is 2. The molecule has 1 aromatic carbocycles. The van der Waals surface area contributed by atoms with Crippen molar-refractivity contribution in [3.63, 3.8) is 0 Å². The van der Waals surface area contributed by atoms with Crippen molar-refractivity contribution >= 4 is 0 Å². The van der Waals surface area contributed by atoms with Crippen molar-refractivity contribution in [1.29, 1.82) is 0 Å². The molecule has 0 unspecified atom stereocenters. The molecule has 2 aliphatic heterocycles. The SMILES string of the molecule is Cn1c(=O)n2n(c1=O)[C@@H]1C=C[C@H]2[C@]23C=C[C@]12[C@@H]1C=C[C@@H]3c2ccccc21. The zero-order chi connectivity index (χ0) is 17.4. The van der Waals surface area contributed by atoms with Crippen LogP contribution in [-0.2, 0) is 7.05 Å². The van der Waals surface area contributed by atoms with Crippen LogP contribution in [0.3, 0.4) is 0 Å². The molecule has 7 aliphatic rings. The molecule has 4 bridgehead atoms. The predicted molar refractivity (Wildman–Crippen MR) is 96.2 cm³/mol. The molecule has 9 rings (SSSR count). The molecule has 0 N–H and O–H groups in total. The van der Waals surface area contributed by atoms with Gasteiger partial charge in [-0.3, -0.25) is 0 Å². The highest BCUT2D eigenvalue weighted by Crippen LogP contribution is 2.80. The fourth-order valence-corrected chi connectivity index (χ4v) is 6.81. The average molecular weight is 343 g/mol. The maximum Gasteiger partial charge on any atom is 0.347 e. The van der Waals surface area contributed by atoms with Crippen LogP contribution in [0.4, 0.5) is 0 Å². The number of aromatic nitrogens is 3. The van der Waals surface area contributed by atoms with Gasteiger partial charge in [0.05, 0.1) is 12.1 Å². The summed E-state index contributed by atoms with van der Waals surface area (Å²) in [6, 6.07) is 8.43. The van der Waals surface area contributed by atoms with Crippen molar-refractivity contribution in [2.45, 2.75) is 23.9 Å². The molecular formula is C21H17N3O2. The Morgan fingerprint density at radius 1 is 0.769 bits per heavy atom. The van der Waals surface area contributed by atoms with Gasteiger partial charge in [0.2, 0.25) is 0 Å². The van der Waals surface area contributed by atoms with Gasteiger partial charge in [0.15, 0.2) is 0 Å². The van der Waals surface area contributed by atoms with E-state index in [1.54, 1.807) is 16.4 Å². The maximum atomic E-state index is 12.9. The van der Waals surface area contributed by atoms with Crippen molar-refractivity contribution in [2.24, 2.45) is 17.9 Å². The van der Waals surface area contributed by atoms with E-state index in [1.165, 1.54) is 15.7 Å². The number of nitrogens with zero attached hydrogens (tertiary/aromatic N) is 3. The Morgan fingerprint density at radius 2 is 1.23 bits per heavy atom. The number of hydrogen-bond donors (Lipinski definition) is 0. The highest BCUT2D eigenvalue weighted by Gasteiger charge is 2.75. The zero-order valence-electron chi connectivity index (χ0n) is 14.2. The van der Waals surface area contributed by atoms with E-state index in [1.807, 2.05) is 0 Å². The minimum Gasteiger partial charge on any atom is -0.246 e. The van der Waals surface area contributed by atoms with Gasteiger partial charge in [0.1, 0.15) is 0 Å².